The van der Waals surface area contributed by atoms with E-state index < -0.39 is 0 Å². The molecule has 1 amide bonds. The Balaban J connectivity index is 2.15. The lowest BCUT2D eigenvalue weighted by Crippen LogP contribution is -2.52. The monoisotopic (exact) mass is 232 g/mol. The first kappa shape index (κ1) is 12.1. The largest absolute Gasteiger partial charge is 0.310 e. The highest BCUT2D eigenvalue weighted by molar-refractivity contribution is 5.96. The molecule has 1 saturated heterocycles. The van der Waals surface area contributed by atoms with Gasteiger partial charge in [-0.25, -0.2) is 0 Å². The molecule has 1 aromatic carbocycles. The molecule has 0 spiro atoms. The number of amides is 1. The molecule has 0 radical (unpaired) electrons. The van der Waals surface area contributed by atoms with Crippen LogP contribution in [0.15, 0.2) is 24.3 Å². The van der Waals surface area contributed by atoms with Gasteiger partial charge in [0, 0.05) is 24.8 Å². The second-order valence-electron chi connectivity index (χ2n) is 4.90. The normalized spacial score (nSPS) is 17.9. The van der Waals surface area contributed by atoms with E-state index in [0.717, 1.165) is 18.8 Å². The Morgan fingerprint density at radius 1 is 1.18 bits per heavy atom. The highest BCUT2D eigenvalue weighted by Crippen LogP contribution is 2.21. The fourth-order valence-electron chi connectivity index (χ4n) is 2.25. The molecule has 2 rings (SSSR count). The summed E-state index contributed by atoms with van der Waals surface area (Å²) < 4.78 is 0. The van der Waals surface area contributed by atoms with Crippen molar-refractivity contribution in [3.8, 4) is 0 Å². The van der Waals surface area contributed by atoms with Crippen molar-refractivity contribution in [3.63, 3.8) is 0 Å². The summed E-state index contributed by atoms with van der Waals surface area (Å²) in [6.07, 6.45) is 0. The van der Waals surface area contributed by atoms with Crippen molar-refractivity contribution >= 4 is 11.6 Å². The number of nitrogens with zero attached hydrogens (tertiary/aromatic N) is 2. The summed E-state index contributed by atoms with van der Waals surface area (Å²) in [5, 5.41) is 0. The van der Waals surface area contributed by atoms with Crippen LogP contribution >= 0.6 is 0 Å². The summed E-state index contributed by atoms with van der Waals surface area (Å²) in [5.74, 6) is 0.208. The molecule has 0 saturated carbocycles. The number of hydrogen-bond donors (Lipinski definition) is 0. The Labute approximate surface area is 103 Å². The maximum absolute atomic E-state index is 12.1. The van der Waals surface area contributed by atoms with Gasteiger partial charge in [-0.2, -0.15) is 0 Å². The number of piperazine rings is 1. The van der Waals surface area contributed by atoms with Gasteiger partial charge >= 0.3 is 0 Å². The van der Waals surface area contributed by atoms with Crippen molar-refractivity contribution in [1.82, 2.24) is 4.90 Å². The molecule has 1 aliphatic rings. The lowest BCUT2D eigenvalue weighted by Gasteiger charge is -2.37. The Kier molecular flexibility index (Phi) is 3.48. The Morgan fingerprint density at radius 2 is 1.88 bits per heavy atom. The van der Waals surface area contributed by atoms with Crippen molar-refractivity contribution in [2.24, 2.45) is 0 Å². The van der Waals surface area contributed by atoms with Crippen LogP contribution in [0.4, 0.5) is 5.69 Å². The zero-order valence-corrected chi connectivity index (χ0v) is 10.8. The Hall–Kier alpha value is -1.35. The minimum Gasteiger partial charge on any atom is -0.310 e. The maximum Gasteiger partial charge on any atom is 0.241 e. The highest BCUT2D eigenvalue weighted by atomic mass is 16.2. The van der Waals surface area contributed by atoms with Gasteiger partial charge in [0.05, 0.1) is 6.54 Å². The van der Waals surface area contributed by atoms with E-state index >= 15 is 0 Å². The van der Waals surface area contributed by atoms with Crippen LogP contribution in [-0.2, 0) is 4.79 Å². The molecule has 0 aliphatic carbocycles. The molecule has 1 aliphatic heterocycles. The van der Waals surface area contributed by atoms with E-state index in [-0.39, 0.29) is 5.91 Å². The molecule has 0 unspecified atom stereocenters. The van der Waals surface area contributed by atoms with E-state index in [2.05, 4.69) is 31.7 Å². The van der Waals surface area contributed by atoms with Crippen molar-refractivity contribution in [1.29, 1.82) is 0 Å². The van der Waals surface area contributed by atoms with E-state index in [0.29, 0.717) is 12.6 Å². The first-order valence-electron chi connectivity index (χ1n) is 6.19. The molecular formula is C14H20N2O. The lowest BCUT2D eigenvalue weighted by atomic mass is 10.1. The van der Waals surface area contributed by atoms with Gasteiger partial charge in [0.2, 0.25) is 5.91 Å². The van der Waals surface area contributed by atoms with Crippen LogP contribution in [0.1, 0.15) is 19.4 Å². The molecule has 92 valence electrons. The predicted octanol–water partition coefficient (Wildman–Crippen LogP) is 2.05. The molecule has 17 heavy (non-hydrogen) atoms. The predicted molar refractivity (Wildman–Crippen MR) is 70.2 cm³/mol. The van der Waals surface area contributed by atoms with Crippen molar-refractivity contribution < 1.29 is 4.79 Å². The molecule has 1 aromatic rings. The van der Waals surface area contributed by atoms with Gasteiger partial charge in [-0.1, -0.05) is 18.2 Å². The first-order valence-corrected chi connectivity index (χ1v) is 6.19. The zero-order valence-electron chi connectivity index (χ0n) is 10.8. The lowest BCUT2D eigenvalue weighted by molar-refractivity contribution is -0.121. The summed E-state index contributed by atoms with van der Waals surface area (Å²) in [6, 6.07) is 8.52. The molecule has 0 atom stereocenters. The fourth-order valence-corrected chi connectivity index (χ4v) is 2.25. The van der Waals surface area contributed by atoms with E-state index in [4.69, 9.17) is 0 Å². The van der Waals surface area contributed by atoms with Gasteiger partial charge in [0.1, 0.15) is 0 Å². The van der Waals surface area contributed by atoms with Gasteiger partial charge in [-0.15, -0.1) is 0 Å². The molecule has 0 aromatic heterocycles. The van der Waals surface area contributed by atoms with Crippen LogP contribution in [0.2, 0.25) is 0 Å². The first-order chi connectivity index (χ1) is 8.09. The highest BCUT2D eigenvalue weighted by Gasteiger charge is 2.26. The number of rotatable bonds is 2. The molecule has 3 nitrogen and oxygen atoms in total. The van der Waals surface area contributed by atoms with Crippen LogP contribution in [0, 0.1) is 6.92 Å². The summed E-state index contributed by atoms with van der Waals surface area (Å²) in [4.78, 5) is 16.3. The summed E-state index contributed by atoms with van der Waals surface area (Å²) in [5.41, 5.74) is 2.22. The summed E-state index contributed by atoms with van der Waals surface area (Å²) in [7, 11) is 0. The average Bonchev–Trinajstić information content (AvgIpc) is 2.30. The molecule has 1 heterocycles. The molecule has 0 N–H and O–H groups in total. The number of aryl methyl sites for hydroxylation is 1. The Morgan fingerprint density at radius 3 is 2.47 bits per heavy atom. The van der Waals surface area contributed by atoms with Crippen LogP contribution in [-0.4, -0.2) is 36.5 Å². The smallest absolute Gasteiger partial charge is 0.241 e. The third kappa shape index (κ3) is 2.50. The summed E-state index contributed by atoms with van der Waals surface area (Å²) >= 11 is 0. The average molecular weight is 232 g/mol. The van der Waals surface area contributed by atoms with Crippen molar-refractivity contribution in [2.75, 3.05) is 24.5 Å². The van der Waals surface area contributed by atoms with Crippen molar-refractivity contribution in [3.05, 3.63) is 29.8 Å². The number of para-hydroxylation sites is 1. The number of benzene rings is 1. The van der Waals surface area contributed by atoms with E-state index in [1.807, 2.05) is 23.1 Å². The SMILES string of the molecule is Cc1ccccc1N1CCN(C(C)C)CC1=O. The number of carbonyl (C=O) groups excluding carboxylic acids is 1. The van der Waals surface area contributed by atoms with Crippen LogP contribution in [0.3, 0.4) is 0 Å². The molecular weight excluding hydrogens is 212 g/mol. The minimum absolute atomic E-state index is 0.208. The quantitative estimate of drug-likeness (QED) is 0.779. The number of hydrogen-bond acceptors (Lipinski definition) is 2. The van der Waals surface area contributed by atoms with Crippen LogP contribution in [0.5, 0.6) is 0 Å². The zero-order chi connectivity index (χ0) is 12.4. The minimum atomic E-state index is 0.208. The van der Waals surface area contributed by atoms with Crippen LogP contribution in [0.25, 0.3) is 0 Å². The van der Waals surface area contributed by atoms with E-state index in [1.54, 1.807) is 0 Å². The van der Waals surface area contributed by atoms with Gasteiger partial charge < -0.3 is 4.90 Å². The van der Waals surface area contributed by atoms with Crippen molar-refractivity contribution in [2.45, 2.75) is 26.8 Å². The third-order valence-electron chi connectivity index (χ3n) is 3.39. The standard InChI is InChI=1S/C14H20N2O/c1-11(2)15-8-9-16(14(17)10-15)13-7-5-4-6-12(13)3/h4-7,11H,8-10H2,1-3H3. The van der Waals surface area contributed by atoms with Gasteiger partial charge in [-0.3, -0.25) is 9.69 Å². The van der Waals surface area contributed by atoms with E-state index in [1.165, 1.54) is 5.56 Å². The van der Waals surface area contributed by atoms with Crippen LogP contribution < -0.4 is 4.90 Å². The second-order valence-corrected chi connectivity index (χ2v) is 4.90. The molecule has 0 bridgehead atoms. The Bertz CT molecular complexity index is 414. The van der Waals surface area contributed by atoms with E-state index in [9.17, 15) is 4.79 Å². The topological polar surface area (TPSA) is 23.6 Å². The van der Waals surface area contributed by atoms with Gasteiger partial charge in [0.15, 0.2) is 0 Å². The maximum atomic E-state index is 12.1. The van der Waals surface area contributed by atoms with Gasteiger partial charge in [0.25, 0.3) is 0 Å². The number of carbonyl (C=O) groups is 1. The number of anilines is 1. The second kappa shape index (κ2) is 4.88. The third-order valence-corrected chi connectivity index (χ3v) is 3.39. The molecule has 1 fully saturated rings. The molecule has 3 heteroatoms. The van der Waals surface area contributed by atoms with Gasteiger partial charge in [-0.05, 0) is 32.4 Å². The fraction of sp³-hybridized carbons (Fsp3) is 0.500. The summed E-state index contributed by atoms with van der Waals surface area (Å²) in [6.45, 7) is 8.61.